The topological polar surface area (TPSA) is 123 Å². The third kappa shape index (κ3) is 3.83. The van der Waals surface area contributed by atoms with Crippen LogP contribution in [-0.2, 0) is 16.0 Å². The van der Waals surface area contributed by atoms with Crippen LogP contribution in [0.15, 0.2) is 35.7 Å². The molecule has 0 spiro atoms. The summed E-state index contributed by atoms with van der Waals surface area (Å²) in [4.78, 5) is 12.0. The summed E-state index contributed by atoms with van der Waals surface area (Å²) in [6.45, 7) is 2.03. The molecule has 2 aromatic rings. The number of H-pyrrole nitrogens is 1. The normalized spacial score (nSPS) is 18.5. The van der Waals surface area contributed by atoms with Gasteiger partial charge in [-0.3, -0.25) is 9.89 Å². The van der Waals surface area contributed by atoms with Crippen molar-refractivity contribution in [1.82, 2.24) is 10.2 Å². The first-order chi connectivity index (χ1) is 14.6. The molecule has 3 N–H and O–H groups in total. The average molecular weight is 408 g/mol. The second-order valence-corrected chi connectivity index (χ2v) is 7.42. The highest BCUT2D eigenvalue weighted by atomic mass is 16.5. The van der Waals surface area contributed by atoms with Crippen molar-refractivity contribution >= 4 is 5.97 Å². The summed E-state index contributed by atoms with van der Waals surface area (Å²) in [5.74, 6) is 0.191. The first-order valence-electron chi connectivity index (χ1n) is 10.2. The lowest BCUT2D eigenvalue weighted by atomic mass is 9.83. The van der Waals surface area contributed by atoms with Crippen molar-refractivity contribution in [2.75, 3.05) is 6.61 Å². The molecular formula is C22H24N4O4. The molecule has 1 unspecified atom stereocenters. The van der Waals surface area contributed by atoms with Gasteiger partial charge in [-0.1, -0.05) is 12.1 Å². The van der Waals surface area contributed by atoms with E-state index in [1.807, 2.05) is 24.3 Å². The van der Waals surface area contributed by atoms with Gasteiger partial charge in [-0.05, 0) is 50.3 Å². The van der Waals surface area contributed by atoms with Crippen molar-refractivity contribution in [3.8, 4) is 17.7 Å². The Morgan fingerprint density at radius 1 is 1.33 bits per heavy atom. The van der Waals surface area contributed by atoms with E-state index in [-0.39, 0.29) is 42.4 Å². The zero-order valence-corrected chi connectivity index (χ0v) is 16.8. The highest BCUT2D eigenvalue weighted by molar-refractivity contribution is 5.73. The molecular weight excluding hydrogens is 384 g/mol. The number of allylic oxidation sites excluding steroid dienone is 1. The molecule has 30 heavy (non-hydrogen) atoms. The van der Waals surface area contributed by atoms with Crippen LogP contribution in [-0.4, -0.2) is 28.9 Å². The van der Waals surface area contributed by atoms with Gasteiger partial charge in [0.05, 0.1) is 36.3 Å². The number of hydrogen-bond acceptors (Lipinski definition) is 7. The largest absolute Gasteiger partial charge is 0.490 e. The van der Waals surface area contributed by atoms with E-state index in [0.29, 0.717) is 11.3 Å². The zero-order valence-electron chi connectivity index (χ0n) is 16.8. The average Bonchev–Trinajstić information content (AvgIpc) is 3.38. The van der Waals surface area contributed by atoms with Gasteiger partial charge < -0.3 is 19.9 Å². The lowest BCUT2D eigenvalue weighted by molar-refractivity contribution is -0.142. The number of nitriles is 1. The molecule has 156 valence electrons. The number of esters is 1. The summed E-state index contributed by atoms with van der Waals surface area (Å²) in [6, 6.07) is 9.78. The Kier molecular flexibility index (Phi) is 5.61. The summed E-state index contributed by atoms with van der Waals surface area (Å²) in [6.07, 6.45) is 4.82. The number of nitrogens with zero attached hydrogens (tertiary/aromatic N) is 2. The number of carbonyl (C=O) groups is 1. The van der Waals surface area contributed by atoms with E-state index in [2.05, 4.69) is 16.3 Å². The fourth-order valence-electron chi connectivity index (χ4n) is 4.07. The van der Waals surface area contributed by atoms with E-state index in [4.69, 9.17) is 19.9 Å². The van der Waals surface area contributed by atoms with E-state index in [1.54, 1.807) is 6.92 Å². The van der Waals surface area contributed by atoms with Crippen LogP contribution in [0.3, 0.4) is 0 Å². The molecule has 1 fully saturated rings. The molecule has 1 saturated carbocycles. The molecule has 2 aliphatic rings. The fourth-order valence-corrected chi connectivity index (χ4v) is 4.07. The van der Waals surface area contributed by atoms with Crippen LogP contribution in [0.25, 0.3) is 0 Å². The Morgan fingerprint density at radius 3 is 2.73 bits per heavy atom. The van der Waals surface area contributed by atoms with E-state index in [0.717, 1.165) is 24.2 Å². The number of ether oxygens (including phenoxy) is 3. The van der Waals surface area contributed by atoms with Gasteiger partial charge >= 0.3 is 5.97 Å². The Balaban J connectivity index is 1.66. The minimum atomic E-state index is -0.498. The summed E-state index contributed by atoms with van der Waals surface area (Å²) in [7, 11) is 0. The zero-order chi connectivity index (χ0) is 21.1. The van der Waals surface area contributed by atoms with Crippen LogP contribution < -0.4 is 15.2 Å². The number of aromatic amines is 1. The molecule has 1 aromatic heterocycles. The first kappa shape index (κ1) is 19.8. The quantitative estimate of drug-likeness (QED) is 0.704. The minimum absolute atomic E-state index is 0.00246. The Hall–Kier alpha value is -3.47. The van der Waals surface area contributed by atoms with Gasteiger partial charge in [-0.2, -0.15) is 5.26 Å². The number of aromatic nitrogens is 2. The van der Waals surface area contributed by atoms with E-state index in [9.17, 15) is 10.1 Å². The summed E-state index contributed by atoms with van der Waals surface area (Å²) in [5.41, 5.74) is 8.27. The molecule has 0 amide bonds. The molecule has 1 aliphatic carbocycles. The van der Waals surface area contributed by atoms with Crippen molar-refractivity contribution in [2.45, 2.75) is 51.0 Å². The van der Waals surface area contributed by atoms with Crippen molar-refractivity contribution in [3.05, 3.63) is 52.5 Å². The number of carbonyl (C=O) groups excluding carboxylic acids is 1. The molecule has 2 heterocycles. The van der Waals surface area contributed by atoms with Gasteiger partial charge in [-0.15, -0.1) is 5.10 Å². The van der Waals surface area contributed by atoms with Crippen LogP contribution in [0.2, 0.25) is 0 Å². The predicted molar refractivity (Wildman–Crippen MR) is 108 cm³/mol. The lowest BCUT2D eigenvalue weighted by Gasteiger charge is -2.24. The number of nitrogens with one attached hydrogen (secondary N) is 1. The highest BCUT2D eigenvalue weighted by Crippen LogP contribution is 2.43. The van der Waals surface area contributed by atoms with Gasteiger partial charge in [0, 0.05) is 0 Å². The third-order valence-corrected chi connectivity index (χ3v) is 5.46. The molecule has 1 aliphatic heterocycles. The molecule has 8 heteroatoms. The SMILES string of the molecule is CCOC(=O)Cc1[nH]nc2c1C(c1ccc(OC3CCCC3)cc1)C(C#N)=C(N)O2. The van der Waals surface area contributed by atoms with Crippen molar-refractivity contribution in [2.24, 2.45) is 5.73 Å². The van der Waals surface area contributed by atoms with Crippen LogP contribution in [0.1, 0.15) is 55.3 Å². The minimum Gasteiger partial charge on any atom is -0.490 e. The first-order valence-corrected chi connectivity index (χ1v) is 10.2. The Labute approximate surface area is 174 Å². The second-order valence-electron chi connectivity index (χ2n) is 7.42. The molecule has 0 bridgehead atoms. The summed E-state index contributed by atoms with van der Waals surface area (Å²) in [5, 5.41) is 16.7. The van der Waals surface area contributed by atoms with E-state index >= 15 is 0 Å². The lowest BCUT2D eigenvalue weighted by Crippen LogP contribution is -2.22. The van der Waals surface area contributed by atoms with Crippen LogP contribution in [0.4, 0.5) is 0 Å². The number of rotatable bonds is 6. The maximum atomic E-state index is 12.0. The van der Waals surface area contributed by atoms with Crippen LogP contribution in [0.5, 0.6) is 11.6 Å². The Morgan fingerprint density at radius 2 is 2.07 bits per heavy atom. The highest BCUT2D eigenvalue weighted by Gasteiger charge is 2.35. The van der Waals surface area contributed by atoms with Crippen LogP contribution >= 0.6 is 0 Å². The monoisotopic (exact) mass is 408 g/mol. The Bertz CT molecular complexity index is 997. The number of hydrogen-bond donors (Lipinski definition) is 2. The summed E-state index contributed by atoms with van der Waals surface area (Å²) < 4.78 is 16.6. The summed E-state index contributed by atoms with van der Waals surface area (Å²) >= 11 is 0. The molecule has 0 radical (unpaired) electrons. The molecule has 1 atom stereocenters. The van der Waals surface area contributed by atoms with Crippen molar-refractivity contribution in [3.63, 3.8) is 0 Å². The van der Waals surface area contributed by atoms with Crippen LogP contribution in [0, 0.1) is 11.3 Å². The van der Waals surface area contributed by atoms with Crippen molar-refractivity contribution < 1.29 is 19.0 Å². The van der Waals surface area contributed by atoms with Gasteiger partial charge in [0.1, 0.15) is 17.4 Å². The van der Waals surface area contributed by atoms with Gasteiger partial charge in [0.25, 0.3) is 0 Å². The fraction of sp³-hybridized carbons (Fsp3) is 0.409. The number of benzene rings is 1. The smallest absolute Gasteiger partial charge is 0.311 e. The third-order valence-electron chi connectivity index (χ3n) is 5.46. The maximum Gasteiger partial charge on any atom is 0.311 e. The van der Waals surface area contributed by atoms with E-state index < -0.39 is 5.92 Å². The number of fused-ring (bicyclic) bond motifs is 1. The van der Waals surface area contributed by atoms with Gasteiger partial charge in [-0.25, -0.2) is 0 Å². The van der Waals surface area contributed by atoms with Gasteiger partial charge in [0.15, 0.2) is 0 Å². The van der Waals surface area contributed by atoms with Gasteiger partial charge in [0.2, 0.25) is 11.8 Å². The maximum absolute atomic E-state index is 12.0. The van der Waals surface area contributed by atoms with Crippen molar-refractivity contribution in [1.29, 1.82) is 5.26 Å². The van der Waals surface area contributed by atoms with E-state index in [1.165, 1.54) is 12.8 Å². The molecule has 4 rings (SSSR count). The number of nitrogens with two attached hydrogens (primary N) is 1. The molecule has 0 saturated heterocycles. The predicted octanol–water partition coefficient (Wildman–Crippen LogP) is 3.05. The molecule has 1 aromatic carbocycles. The second kappa shape index (κ2) is 8.49. The molecule has 8 nitrogen and oxygen atoms in total. The standard InChI is InChI=1S/C22H24N4O4/c1-2-28-18(27)11-17-20-19(16(12-23)21(24)30-22(20)26-25-17)13-7-9-15(10-8-13)29-14-5-3-4-6-14/h7-10,14,19H,2-6,11,24H2,1H3,(H,25,26).